The van der Waals surface area contributed by atoms with Crippen molar-refractivity contribution in [2.45, 2.75) is 56.1 Å². The van der Waals surface area contributed by atoms with E-state index >= 15 is 0 Å². The number of hydrogen-bond acceptors (Lipinski definition) is 8. The molecule has 0 aromatic rings. The van der Waals surface area contributed by atoms with Crippen molar-refractivity contribution < 1.29 is 27.9 Å². The van der Waals surface area contributed by atoms with Crippen molar-refractivity contribution >= 4 is 39.8 Å². The molecule has 14 heteroatoms. The number of rotatable bonds is 7. The lowest BCUT2D eigenvalue weighted by molar-refractivity contribution is -0.157. The molecule has 3 fully saturated rings. The molecule has 0 saturated carbocycles. The topological polar surface area (TPSA) is 188 Å². The largest absolute Gasteiger partial charge is 0.477 e. The van der Waals surface area contributed by atoms with Crippen molar-refractivity contribution in [1.29, 1.82) is 0 Å². The van der Waals surface area contributed by atoms with Crippen molar-refractivity contribution in [3.05, 3.63) is 10.6 Å². The van der Waals surface area contributed by atoms with Crippen molar-refractivity contribution in [1.82, 2.24) is 19.8 Å². The molecule has 3 saturated heterocycles. The van der Waals surface area contributed by atoms with Crippen LogP contribution in [0.2, 0.25) is 0 Å². The number of hydrogen-bond donors (Lipinski definition) is 5. The molecule has 4 heterocycles. The van der Waals surface area contributed by atoms with Gasteiger partial charge in [0.05, 0.1) is 18.0 Å². The van der Waals surface area contributed by atoms with E-state index in [4.69, 9.17) is 10.9 Å². The molecule has 0 radical (unpaired) electrons. The minimum absolute atomic E-state index is 0.00397. The summed E-state index contributed by atoms with van der Waals surface area (Å²) in [6, 6.07) is -1.57. The number of nitrogens with zero attached hydrogens (tertiary/aromatic N) is 2. The third kappa shape index (κ3) is 4.51. The number of carboxylic acids is 1. The summed E-state index contributed by atoms with van der Waals surface area (Å²) < 4.78 is 25.1. The van der Waals surface area contributed by atoms with E-state index in [9.17, 15) is 27.9 Å². The highest BCUT2D eigenvalue weighted by atomic mass is 32.2. The Hall–Kier alpha value is -1.71. The molecule has 184 valence electrons. The Morgan fingerprint density at radius 3 is 2.64 bits per heavy atom. The minimum Gasteiger partial charge on any atom is -0.477 e. The summed E-state index contributed by atoms with van der Waals surface area (Å²) >= 11 is 1.38. The highest BCUT2D eigenvalue weighted by Gasteiger charge is 2.60. The van der Waals surface area contributed by atoms with Crippen LogP contribution in [0.25, 0.3) is 0 Å². The first-order chi connectivity index (χ1) is 15.4. The third-order valence-corrected chi connectivity index (χ3v) is 9.11. The predicted octanol–water partition coefficient (Wildman–Crippen LogP) is -2.04. The number of carboxylic acid groups (broad SMARTS) is 1. The van der Waals surface area contributed by atoms with Gasteiger partial charge in [-0.3, -0.25) is 9.59 Å². The minimum atomic E-state index is -4.01. The van der Waals surface area contributed by atoms with Crippen molar-refractivity contribution in [2.24, 2.45) is 22.7 Å². The maximum absolute atomic E-state index is 12.8. The molecule has 0 aromatic heterocycles. The Balaban J connectivity index is 1.46. The summed E-state index contributed by atoms with van der Waals surface area (Å²) in [6.07, 6.45) is 1.33. The van der Waals surface area contributed by atoms with E-state index in [0.29, 0.717) is 31.0 Å². The zero-order valence-electron chi connectivity index (χ0n) is 18.4. The van der Waals surface area contributed by atoms with Gasteiger partial charge < -0.3 is 26.0 Å². The Kier molecular flexibility index (Phi) is 6.52. The van der Waals surface area contributed by atoms with Crippen molar-refractivity contribution in [3.8, 4) is 0 Å². The number of amides is 2. The molecule has 7 atom stereocenters. The zero-order valence-corrected chi connectivity index (χ0v) is 20.1. The normalized spacial score (nSPS) is 35.1. The van der Waals surface area contributed by atoms with E-state index in [-0.39, 0.29) is 34.9 Å². The van der Waals surface area contributed by atoms with Crippen LogP contribution in [0.15, 0.2) is 10.6 Å². The summed E-state index contributed by atoms with van der Waals surface area (Å²) in [7, 11) is -4.01. The number of nitrogens with two attached hydrogens (primary N) is 2. The molecule has 4 rings (SSSR count). The third-order valence-electron chi connectivity index (χ3n) is 6.90. The van der Waals surface area contributed by atoms with E-state index in [1.807, 2.05) is 6.92 Å². The number of aliphatic carboxylic acids is 1. The van der Waals surface area contributed by atoms with Crippen molar-refractivity contribution in [2.75, 3.05) is 19.6 Å². The Labute approximate surface area is 196 Å². The first kappa shape index (κ1) is 24.4. The van der Waals surface area contributed by atoms with Crippen LogP contribution in [0.3, 0.4) is 0 Å². The van der Waals surface area contributed by atoms with E-state index < -0.39 is 40.1 Å². The standard InChI is InChI=1S/C19H30N6O6S2/c1-8-14-13(9(2)23-33(21,30)31)18(27)25(14)15(19(28)29)16(8)32-11-5-12(22-6-11)17(26)24-4-3-10(20)7-24/h8-14,22-23H,3-7,20H2,1-2H3,(H,28,29)(H2,21,30,31)/t8-,9-,10?,11+,12+,13-,14-/m1/s1. The molecule has 0 aliphatic carbocycles. The number of fused-ring (bicyclic) bond motifs is 1. The molecule has 12 nitrogen and oxygen atoms in total. The van der Waals surface area contributed by atoms with Gasteiger partial charge in [-0.2, -0.15) is 13.1 Å². The lowest BCUT2D eigenvalue weighted by Gasteiger charge is -2.47. The molecule has 0 aromatic carbocycles. The van der Waals surface area contributed by atoms with Crippen LogP contribution in [0.4, 0.5) is 0 Å². The van der Waals surface area contributed by atoms with Gasteiger partial charge in [-0.1, -0.05) is 6.92 Å². The first-order valence-corrected chi connectivity index (χ1v) is 13.4. The van der Waals surface area contributed by atoms with Gasteiger partial charge >= 0.3 is 5.97 Å². The number of carbonyl (C=O) groups excluding carboxylic acids is 2. The Bertz CT molecular complexity index is 1000. The van der Waals surface area contributed by atoms with Gasteiger partial charge in [0.25, 0.3) is 10.2 Å². The van der Waals surface area contributed by atoms with Crippen LogP contribution >= 0.6 is 11.8 Å². The second-order valence-corrected chi connectivity index (χ2v) is 11.9. The maximum atomic E-state index is 12.8. The molecule has 7 N–H and O–H groups in total. The summed E-state index contributed by atoms with van der Waals surface area (Å²) in [5.74, 6) is -2.62. The number of nitrogens with one attached hydrogen (secondary N) is 2. The van der Waals surface area contributed by atoms with Crippen LogP contribution < -0.4 is 20.9 Å². The van der Waals surface area contributed by atoms with Crippen LogP contribution in [0.5, 0.6) is 0 Å². The fraction of sp³-hybridized carbons (Fsp3) is 0.737. The highest BCUT2D eigenvalue weighted by Crippen LogP contribution is 2.51. The van der Waals surface area contributed by atoms with Gasteiger partial charge in [0, 0.05) is 47.8 Å². The van der Waals surface area contributed by atoms with Crippen LogP contribution in [-0.2, 0) is 24.6 Å². The first-order valence-electron chi connectivity index (χ1n) is 10.9. The lowest BCUT2D eigenvalue weighted by atomic mass is 9.78. The quantitative estimate of drug-likeness (QED) is 0.244. The maximum Gasteiger partial charge on any atom is 0.353 e. The number of likely N-dealkylation sites (tertiary alicyclic amines) is 1. The molecule has 4 aliphatic rings. The molecule has 4 aliphatic heterocycles. The van der Waals surface area contributed by atoms with E-state index in [0.717, 1.165) is 6.42 Å². The van der Waals surface area contributed by atoms with E-state index in [1.165, 1.54) is 16.7 Å². The summed E-state index contributed by atoms with van der Waals surface area (Å²) in [6.45, 7) is 5.12. The molecular formula is C19H30N6O6S2. The molecule has 1 unspecified atom stereocenters. The average Bonchev–Trinajstić information content (AvgIpc) is 3.39. The van der Waals surface area contributed by atoms with Gasteiger partial charge in [0.1, 0.15) is 5.70 Å². The molecule has 2 amide bonds. The summed E-state index contributed by atoms with van der Waals surface area (Å²) in [5.41, 5.74) is 5.86. The summed E-state index contributed by atoms with van der Waals surface area (Å²) in [5, 5.41) is 18.1. The molecular weight excluding hydrogens is 472 g/mol. The van der Waals surface area contributed by atoms with Crippen molar-refractivity contribution in [3.63, 3.8) is 0 Å². The number of carbonyl (C=O) groups is 3. The van der Waals surface area contributed by atoms with Crippen LogP contribution in [0, 0.1) is 11.8 Å². The van der Waals surface area contributed by atoms with Gasteiger partial charge in [-0.15, -0.1) is 11.8 Å². The second kappa shape index (κ2) is 8.82. The monoisotopic (exact) mass is 502 g/mol. The van der Waals surface area contributed by atoms with E-state index in [1.54, 1.807) is 11.8 Å². The lowest BCUT2D eigenvalue weighted by Crippen LogP contribution is -2.66. The number of β-lactam (4-membered cyclic amide) rings is 1. The average molecular weight is 503 g/mol. The fourth-order valence-electron chi connectivity index (χ4n) is 5.40. The fourth-order valence-corrected chi connectivity index (χ4v) is 7.54. The second-order valence-electron chi connectivity index (χ2n) is 9.25. The van der Waals surface area contributed by atoms with Gasteiger partial charge in [0.2, 0.25) is 11.8 Å². The smallest absolute Gasteiger partial charge is 0.353 e. The molecule has 33 heavy (non-hydrogen) atoms. The molecule has 0 spiro atoms. The molecule has 0 bridgehead atoms. The summed E-state index contributed by atoms with van der Waals surface area (Å²) in [4.78, 5) is 41.2. The van der Waals surface area contributed by atoms with Gasteiger partial charge in [0.15, 0.2) is 0 Å². The van der Waals surface area contributed by atoms with Crippen LogP contribution in [0.1, 0.15) is 26.7 Å². The Morgan fingerprint density at radius 1 is 1.36 bits per heavy atom. The van der Waals surface area contributed by atoms with Gasteiger partial charge in [-0.25, -0.2) is 9.93 Å². The SMILES string of the molecule is C[C@@H](NS(N)(=O)=O)[C@H]1C(=O)N2C(C(=O)O)=C(S[C@@H]3CN[C@H](C(=O)N4CCC(N)C4)C3)[C@H](C)[C@H]12. The number of thioether (sulfide) groups is 1. The Morgan fingerprint density at radius 2 is 2.06 bits per heavy atom. The highest BCUT2D eigenvalue weighted by molar-refractivity contribution is 8.03. The van der Waals surface area contributed by atoms with Gasteiger partial charge in [-0.05, 0) is 19.8 Å². The zero-order chi connectivity index (χ0) is 24.2. The predicted molar refractivity (Wildman–Crippen MR) is 121 cm³/mol. The van der Waals surface area contributed by atoms with E-state index in [2.05, 4.69) is 10.0 Å². The van der Waals surface area contributed by atoms with Crippen LogP contribution in [-0.4, -0.2) is 90.2 Å².